The van der Waals surface area contributed by atoms with E-state index in [1.165, 1.54) is 35.2 Å². The number of aryl methyl sites for hydroxylation is 1. The molecule has 1 heterocycles. The number of H-pyrrole nitrogens is 1. The third kappa shape index (κ3) is 2.35. The fourth-order valence-corrected chi connectivity index (χ4v) is 3.81. The summed E-state index contributed by atoms with van der Waals surface area (Å²) in [6.07, 6.45) is 5.62. The largest absolute Gasteiger partial charge is 0.282 e. The van der Waals surface area contributed by atoms with E-state index in [1.807, 2.05) is 6.20 Å². The summed E-state index contributed by atoms with van der Waals surface area (Å²) in [4.78, 5) is 0. The van der Waals surface area contributed by atoms with Crippen molar-refractivity contribution in [3.05, 3.63) is 89.2 Å². The molecule has 3 aromatic rings. The highest BCUT2D eigenvalue weighted by Gasteiger charge is 2.31. The molecule has 2 nitrogen and oxygen atoms in total. The Bertz CT molecular complexity index is 691. The number of nitrogens with one attached hydrogen (secondary N) is 1. The van der Waals surface area contributed by atoms with Gasteiger partial charge in [-0.05, 0) is 36.0 Å². The number of aromatic nitrogens is 2. The molecule has 2 aromatic carbocycles. The summed E-state index contributed by atoms with van der Waals surface area (Å²) in [7, 11) is 0. The summed E-state index contributed by atoms with van der Waals surface area (Å²) in [5.41, 5.74) is 5.51. The maximum Gasteiger partial charge on any atom is 0.0522 e. The van der Waals surface area contributed by atoms with Crippen LogP contribution in [0.3, 0.4) is 0 Å². The number of hydrogen-bond acceptors (Lipinski definition) is 1. The lowest BCUT2D eigenvalue weighted by atomic mass is 9.73. The molecule has 0 saturated carbocycles. The molecule has 0 saturated heterocycles. The van der Waals surface area contributed by atoms with E-state index in [1.54, 1.807) is 0 Å². The Morgan fingerprint density at radius 1 is 0.909 bits per heavy atom. The minimum atomic E-state index is 0.391. The zero-order valence-corrected chi connectivity index (χ0v) is 12.6. The fourth-order valence-electron chi connectivity index (χ4n) is 3.81. The molecule has 0 bridgehead atoms. The first-order valence-corrected chi connectivity index (χ1v) is 8.05. The first-order valence-electron chi connectivity index (χ1n) is 8.05. The van der Waals surface area contributed by atoms with E-state index < -0.39 is 0 Å². The maximum atomic E-state index is 4.30. The summed E-state index contributed by atoms with van der Waals surface area (Å²) in [5.74, 6) is 0.873. The molecule has 1 aromatic heterocycles. The van der Waals surface area contributed by atoms with Gasteiger partial charge in [0.2, 0.25) is 0 Å². The molecule has 1 atom stereocenters. The summed E-state index contributed by atoms with van der Waals surface area (Å²) < 4.78 is 0. The van der Waals surface area contributed by atoms with Gasteiger partial charge in [-0.15, -0.1) is 0 Å². The molecule has 1 unspecified atom stereocenters. The number of benzene rings is 2. The number of fused-ring (bicyclic) bond motifs is 1. The summed E-state index contributed by atoms with van der Waals surface area (Å²) in [6, 6.07) is 21.8. The van der Waals surface area contributed by atoms with Crippen LogP contribution in [0, 0.1) is 0 Å². The first kappa shape index (κ1) is 13.3. The highest BCUT2D eigenvalue weighted by molar-refractivity contribution is 5.39. The zero-order valence-electron chi connectivity index (χ0n) is 12.6. The lowest BCUT2D eigenvalue weighted by molar-refractivity contribution is 0.495. The summed E-state index contributed by atoms with van der Waals surface area (Å²) in [5, 5.41) is 7.58. The van der Waals surface area contributed by atoms with Crippen LogP contribution in [-0.2, 0) is 6.42 Å². The van der Waals surface area contributed by atoms with Crippen molar-refractivity contribution in [1.29, 1.82) is 0 Å². The zero-order chi connectivity index (χ0) is 14.8. The molecular formula is C20H20N2. The van der Waals surface area contributed by atoms with Gasteiger partial charge in [-0.1, -0.05) is 60.7 Å². The van der Waals surface area contributed by atoms with Crippen LogP contribution in [0.25, 0.3) is 0 Å². The normalized spacial score (nSPS) is 17.4. The monoisotopic (exact) mass is 288 g/mol. The first-order chi connectivity index (χ1) is 10.9. The number of rotatable bonds is 3. The third-order valence-electron chi connectivity index (χ3n) is 4.80. The van der Waals surface area contributed by atoms with Crippen molar-refractivity contribution in [1.82, 2.24) is 10.2 Å². The van der Waals surface area contributed by atoms with Crippen molar-refractivity contribution in [2.24, 2.45) is 0 Å². The second kappa shape index (κ2) is 5.80. The standard InChI is InChI=1S/C20H20N2/c1-3-8-15(9-4-1)19(16-10-5-2-6-11-16)18-13-7-12-17-14-21-22-20(17)18/h1-6,8-11,14,18-19H,7,12-13H2,(H,21,22). The van der Waals surface area contributed by atoms with Crippen LogP contribution in [-0.4, -0.2) is 10.2 Å². The third-order valence-corrected chi connectivity index (χ3v) is 4.80. The molecule has 0 spiro atoms. The van der Waals surface area contributed by atoms with Crippen molar-refractivity contribution in [3.8, 4) is 0 Å². The SMILES string of the molecule is c1ccc(C(c2ccccc2)C2CCCc3cn[nH]c32)cc1. The van der Waals surface area contributed by atoms with Gasteiger partial charge in [-0.2, -0.15) is 5.10 Å². The Hall–Kier alpha value is -2.35. The highest BCUT2D eigenvalue weighted by atomic mass is 15.1. The van der Waals surface area contributed by atoms with Gasteiger partial charge in [0.15, 0.2) is 0 Å². The van der Waals surface area contributed by atoms with E-state index in [0.717, 1.165) is 6.42 Å². The topological polar surface area (TPSA) is 28.7 Å². The Morgan fingerprint density at radius 2 is 1.55 bits per heavy atom. The lowest BCUT2D eigenvalue weighted by Crippen LogP contribution is -2.18. The van der Waals surface area contributed by atoms with Crippen molar-refractivity contribution >= 4 is 0 Å². The highest BCUT2D eigenvalue weighted by Crippen LogP contribution is 2.44. The average molecular weight is 288 g/mol. The molecule has 1 aliphatic rings. The van der Waals surface area contributed by atoms with Gasteiger partial charge in [-0.25, -0.2) is 0 Å². The molecular weight excluding hydrogens is 268 g/mol. The number of nitrogens with zero attached hydrogens (tertiary/aromatic N) is 1. The van der Waals surface area contributed by atoms with Crippen LogP contribution in [0.15, 0.2) is 66.9 Å². The van der Waals surface area contributed by atoms with E-state index in [-0.39, 0.29) is 0 Å². The van der Waals surface area contributed by atoms with E-state index in [4.69, 9.17) is 0 Å². The average Bonchev–Trinajstić information content (AvgIpc) is 3.07. The Kier molecular flexibility index (Phi) is 3.51. The van der Waals surface area contributed by atoms with E-state index in [2.05, 4.69) is 70.9 Å². The molecule has 2 heteroatoms. The van der Waals surface area contributed by atoms with Gasteiger partial charge in [0, 0.05) is 17.5 Å². The van der Waals surface area contributed by atoms with Crippen LogP contribution >= 0.6 is 0 Å². The smallest absolute Gasteiger partial charge is 0.0522 e. The molecule has 0 radical (unpaired) electrons. The van der Waals surface area contributed by atoms with Gasteiger partial charge in [0.25, 0.3) is 0 Å². The lowest BCUT2D eigenvalue weighted by Gasteiger charge is -2.31. The molecule has 22 heavy (non-hydrogen) atoms. The number of aromatic amines is 1. The summed E-state index contributed by atoms with van der Waals surface area (Å²) in [6.45, 7) is 0. The van der Waals surface area contributed by atoms with Crippen molar-refractivity contribution in [2.45, 2.75) is 31.1 Å². The van der Waals surface area contributed by atoms with Crippen LogP contribution in [0.5, 0.6) is 0 Å². The molecule has 110 valence electrons. The van der Waals surface area contributed by atoms with Crippen LogP contribution < -0.4 is 0 Å². The Morgan fingerprint density at radius 3 is 2.18 bits per heavy atom. The van der Waals surface area contributed by atoms with Gasteiger partial charge in [0.1, 0.15) is 0 Å². The van der Waals surface area contributed by atoms with Crippen LogP contribution in [0.4, 0.5) is 0 Å². The second-order valence-electron chi connectivity index (χ2n) is 6.11. The predicted octanol–water partition coefficient (Wildman–Crippen LogP) is 4.66. The predicted molar refractivity (Wildman–Crippen MR) is 89.0 cm³/mol. The quantitative estimate of drug-likeness (QED) is 0.746. The van der Waals surface area contributed by atoms with Crippen molar-refractivity contribution in [2.75, 3.05) is 0 Å². The minimum absolute atomic E-state index is 0.391. The molecule has 0 aliphatic heterocycles. The summed E-state index contributed by atoms with van der Waals surface area (Å²) >= 11 is 0. The van der Waals surface area contributed by atoms with E-state index in [0.29, 0.717) is 11.8 Å². The molecule has 0 fully saturated rings. The van der Waals surface area contributed by atoms with Crippen molar-refractivity contribution < 1.29 is 0 Å². The molecule has 1 aliphatic carbocycles. The van der Waals surface area contributed by atoms with Crippen LogP contribution in [0.1, 0.15) is 47.1 Å². The van der Waals surface area contributed by atoms with E-state index >= 15 is 0 Å². The molecule has 4 rings (SSSR count). The Balaban J connectivity index is 1.83. The van der Waals surface area contributed by atoms with Gasteiger partial charge >= 0.3 is 0 Å². The van der Waals surface area contributed by atoms with Crippen molar-refractivity contribution in [3.63, 3.8) is 0 Å². The fraction of sp³-hybridized carbons (Fsp3) is 0.250. The number of hydrogen-bond donors (Lipinski definition) is 1. The minimum Gasteiger partial charge on any atom is -0.282 e. The molecule has 1 N–H and O–H groups in total. The van der Waals surface area contributed by atoms with E-state index in [9.17, 15) is 0 Å². The second-order valence-corrected chi connectivity index (χ2v) is 6.11. The van der Waals surface area contributed by atoms with Gasteiger partial charge in [-0.3, -0.25) is 5.10 Å². The van der Waals surface area contributed by atoms with Gasteiger partial charge < -0.3 is 0 Å². The van der Waals surface area contributed by atoms with Crippen LogP contribution in [0.2, 0.25) is 0 Å². The maximum absolute atomic E-state index is 4.30. The Labute approximate surface area is 131 Å². The molecule has 0 amide bonds. The van der Waals surface area contributed by atoms with Gasteiger partial charge in [0.05, 0.1) is 6.20 Å².